The van der Waals surface area contributed by atoms with E-state index in [4.69, 9.17) is 27.9 Å². The highest BCUT2D eigenvalue weighted by Crippen LogP contribution is 2.44. The van der Waals surface area contributed by atoms with E-state index >= 15 is 0 Å². The molecule has 1 spiro atoms. The van der Waals surface area contributed by atoms with Gasteiger partial charge in [0.25, 0.3) is 5.56 Å². The number of nitriles is 1. The van der Waals surface area contributed by atoms with E-state index in [1.807, 2.05) is 11.0 Å². The molecule has 0 unspecified atom stereocenters. The average molecular weight is 516 g/mol. The number of halogens is 3. The molecule has 2 fully saturated rings. The maximum absolute atomic E-state index is 14.0. The van der Waals surface area contributed by atoms with Crippen molar-refractivity contribution in [2.75, 3.05) is 31.2 Å². The van der Waals surface area contributed by atoms with Gasteiger partial charge in [-0.3, -0.25) is 14.3 Å². The van der Waals surface area contributed by atoms with Gasteiger partial charge in [-0.1, -0.05) is 29.3 Å². The van der Waals surface area contributed by atoms with Crippen LogP contribution in [0.5, 0.6) is 0 Å². The summed E-state index contributed by atoms with van der Waals surface area (Å²) in [6, 6.07) is 7.42. The molecular weight excluding hydrogens is 496 g/mol. The molecule has 35 heavy (non-hydrogen) atoms. The minimum atomic E-state index is -0.694. The minimum Gasteiger partial charge on any atom is -0.381 e. The molecule has 0 N–H and O–H groups in total. The van der Waals surface area contributed by atoms with Crippen LogP contribution in [0.2, 0.25) is 10.0 Å². The molecule has 3 aromatic rings. The average Bonchev–Trinajstić information content (AvgIpc) is 2.82. The minimum absolute atomic E-state index is 0.0230. The summed E-state index contributed by atoms with van der Waals surface area (Å²) < 4.78 is 21.7. The largest absolute Gasteiger partial charge is 0.381 e. The fourth-order valence-electron chi connectivity index (χ4n) is 4.87. The van der Waals surface area contributed by atoms with Crippen LogP contribution in [-0.2, 0) is 11.3 Å². The van der Waals surface area contributed by atoms with Crippen LogP contribution in [0.4, 0.5) is 10.2 Å². The number of pyridine rings is 1. The van der Waals surface area contributed by atoms with Crippen molar-refractivity contribution in [2.24, 2.45) is 5.41 Å². The molecule has 0 amide bonds. The Labute approximate surface area is 209 Å². The van der Waals surface area contributed by atoms with Crippen LogP contribution in [0, 0.1) is 22.6 Å². The third-order valence-corrected chi connectivity index (χ3v) is 7.11. The van der Waals surface area contributed by atoms with E-state index < -0.39 is 17.1 Å². The van der Waals surface area contributed by atoms with E-state index in [1.165, 1.54) is 41.2 Å². The molecule has 2 saturated heterocycles. The van der Waals surface area contributed by atoms with Gasteiger partial charge in [-0.05, 0) is 36.6 Å². The number of anilines is 1. The lowest BCUT2D eigenvalue weighted by Gasteiger charge is -2.53. The summed E-state index contributed by atoms with van der Waals surface area (Å²) in [5.41, 5.74) is -0.678. The standard InChI is InChI=1S/C24H20Cl2FN5O3/c25-16-10-17(12-29-11-16)32-22(33)20(15-1-2-19(27)18(26)9-15)21(31(6-5-28)23(32)34)30-13-24(14-30)3-7-35-8-4-24/h1-2,9-12H,3-4,6-8,13-14H2. The zero-order chi connectivity index (χ0) is 24.7. The van der Waals surface area contributed by atoms with Crippen molar-refractivity contribution in [1.29, 1.82) is 5.26 Å². The van der Waals surface area contributed by atoms with Crippen molar-refractivity contribution in [3.63, 3.8) is 0 Å². The number of rotatable bonds is 4. The maximum atomic E-state index is 14.0. The quantitative estimate of drug-likeness (QED) is 0.526. The van der Waals surface area contributed by atoms with Gasteiger partial charge in [0.2, 0.25) is 0 Å². The van der Waals surface area contributed by atoms with Gasteiger partial charge in [-0.25, -0.2) is 13.8 Å². The fraction of sp³-hybridized carbons (Fsp3) is 0.333. The van der Waals surface area contributed by atoms with Crippen LogP contribution in [0.25, 0.3) is 16.8 Å². The summed E-state index contributed by atoms with van der Waals surface area (Å²) in [4.78, 5) is 33.4. The summed E-state index contributed by atoms with van der Waals surface area (Å²) in [5, 5.41) is 9.64. The van der Waals surface area contributed by atoms with Crippen molar-refractivity contribution in [3.05, 3.63) is 73.4 Å². The second kappa shape index (κ2) is 9.11. The highest BCUT2D eigenvalue weighted by Gasteiger charge is 2.46. The molecule has 5 rings (SSSR count). The third kappa shape index (κ3) is 4.12. The predicted molar refractivity (Wildman–Crippen MR) is 130 cm³/mol. The van der Waals surface area contributed by atoms with Gasteiger partial charge < -0.3 is 9.64 Å². The number of nitrogens with zero attached hydrogens (tertiary/aromatic N) is 5. The molecule has 2 aliphatic heterocycles. The molecule has 0 atom stereocenters. The summed E-state index contributed by atoms with van der Waals surface area (Å²) in [5.74, 6) is -0.320. The predicted octanol–water partition coefficient (Wildman–Crippen LogP) is 3.65. The zero-order valence-electron chi connectivity index (χ0n) is 18.5. The molecule has 180 valence electrons. The number of hydrogen-bond acceptors (Lipinski definition) is 6. The third-order valence-electron chi connectivity index (χ3n) is 6.61. The zero-order valence-corrected chi connectivity index (χ0v) is 20.0. The van der Waals surface area contributed by atoms with Gasteiger partial charge in [0.1, 0.15) is 18.2 Å². The number of ether oxygens (including phenoxy) is 1. The maximum Gasteiger partial charge on any atom is 0.338 e. The summed E-state index contributed by atoms with van der Waals surface area (Å²) in [6.07, 6.45) is 4.46. The molecule has 0 saturated carbocycles. The summed E-state index contributed by atoms with van der Waals surface area (Å²) in [6.45, 7) is 2.22. The Hall–Kier alpha value is -3.19. The van der Waals surface area contributed by atoms with Gasteiger partial charge in [-0.2, -0.15) is 5.26 Å². The van der Waals surface area contributed by atoms with Crippen molar-refractivity contribution in [3.8, 4) is 22.9 Å². The Morgan fingerprint density at radius 2 is 1.89 bits per heavy atom. The lowest BCUT2D eigenvalue weighted by molar-refractivity contribution is -0.000681. The van der Waals surface area contributed by atoms with E-state index in [9.17, 15) is 19.2 Å². The number of aromatic nitrogens is 3. The molecule has 8 nitrogen and oxygen atoms in total. The van der Waals surface area contributed by atoms with Gasteiger partial charge in [-0.15, -0.1) is 0 Å². The monoisotopic (exact) mass is 515 g/mol. The van der Waals surface area contributed by atoms with E-state index in [2.05, 4.69) is 4.98 Å². The Kier molecular flexibility index (Phi) is 6.13. The molecule has 0 bridgehead atoms. The van der Waals surface area contributed by atoms with Gasteiger partial charge in [0.15, 0.2) is 0 Å². The molecular formula is C24H20Cl2FN5O3. The lowest BCUT2D eigenvalue weighted by Crippen LogP contribution is -2.60. The molecule has 2 aromatic heterocycles. The van der Waals surface area contributed by atoms with Crippen molar-refractivity contribution in [2.45, 2.75) is 19.4 Å². The van der Waals surface area contributed by atoms with Gasteiger partial charge in [0.05, 0.1) is 33.6 Å². The number of benzene rings is 1. The SMILES string of the molecule is N#CCn1c(N2CC3(CCOCC3)C2)c(-c2ccc(F)c(Cl)c2)c(=O)n(-c2cncc(Cl)c2)c1=O. The second-order valence-electron chi connectivity index (χ2n) is 8.82. The Morgan fingerprint density at radius 3 is 2.54 bits per heavy atom. The topological polar surface area (TPSA) is 93.2 Å². The molecule has 0 radical (unpaired) electrons. The van der Waals surface area contributed by atoms with Crippen molar-refractivity contribution in [1.82, 2.24) is 14.1 Å². The van der Waals surface area contributed by atoms with Crippen LogP contribution in [-0.4, -0.2) is 40.4 Å². The Balaban J connectivity index is 1.78. The molecule has 0 aliphatic carbocycles. The highest BCUT2D eigenvalue weighted by atomic mass is 35.5. The smallest absolute Gasteiger partial charge is 0.338 e. The van der Waals surface area contributed by atoms with E-state index in [0.717, 1.165) is 17.4 Å². The van der Waals surface area contributed by atoms with E-state index in [-0.39, 0.29) is 33.3 Å². The normalized spacial score (nSPS) is 16.7. The summed E-state index contributed by atoms with van der Waals surface area (Å²) in [7, 11) is 0. The van der Waals surface area contributed by atoms with Crippen LogP contribution >= 0.6 is 23.2 Å². The van der Waals surface area contributed by atoms with Crippen LogP contribution < -0.4 is 16.1 Å². The van der Waals surface area contributed by atoms with Crippen LogP contribution in [0.15, 0.2) is 46.2 Å². The first-order valence-corrected chi connectivity index (χ1v) is 11.7. The lowest BCUT2D eigenvalue weighted by atomic mass is 9.73. The molecule has 2 aliphatic rings. The summed E-state index contributed by atoms with van der Waals surface area (Å²) >= 11 is 12.1. The van der Waals surface area contributed by atoms with Crippen LogP contribution in [0.1, 0.15) is 12.8 Å². The first kappa shape index (κ1) is 23.5. The van der Waals surface area contributed by atoms with Crippen molar-refractivity contribution >= 4 is 29.0 Å². The van der Waals surface area contributed by atoms with Gasteiger partial charge in [0, 0.05) is 37.9 Å². The number of hydrogen-bond donors (Lipinski definition) is 0. The molecule has 4 heterocycles. The Bertz CT molecular complexity index is 1470. The van der Waals surface area contributed by atoms with Gasteiger partial charge >= 0.3 is 5.69 Å². The fourth-order valence-corrected chi connectivity index (χ4v) is 5.22. The van der Waals surface area contributed by atoms with Crippen molar-refractivity contribution < 1.29 is 9.13 Å². The first-order chi connectivity index (χ1) is 16.8. The first-order valence-electron chi connectivity index (χ1n) is 11.0. The highest BCUT2D eigenvalue weighted by molar-refractivity contribution is 6.31. The van der Waals surface area contributed by atoms with E-state index in [1.54, 1.807) is 0 Å². The Morgan fingerprint density at radius 1 is 1.14 bits per heavy atom. The van der Waals surface area contributed by atoms with E-state index in [0.29, 0.717) is 37.7 Å². The van der Waals surface area contributed by atoms with Crippen LogP contribution in [0.3, 0.4) is 0 Å². The molecule has 11 heteroatoms. The second-order valence-corrected chi connectivity index (χ2v) is 9.67. The molecule has 1 aromatic carbocycles.